The number of aryl methyl sites for hydroxylation is 1. The summed E-state index contributed by atoms with van der Waals surface area (Å²) in [5.41, 5.74) is 3.60. The van der Waals surface area contributed by atoms with E-state index >= 15 is 0 Å². The number of carbonyl (C=O) groups excluding carboxylic acids is 2. The summed E-state index contributed by atoms with van der Waals surface area (Å²) in [6.45, 7) is 5.88. The van der Waals surface area contributed by atoms with Gasteiger partial charge in [0.15, 0.2) is 0 Å². The molecule has 0 fully saturated rings. The van der Waals surface area contributed by atoms with Crippen molar-refractivity contribution in [2.45, 2.75) is 32.3 Å². The average Bonchev–Trinajstić information content (AvgIpc) is 3.32. The molecule has 0 saturated heterocycles. The molecule has 0 atom stereocenters. The van der Waals surface area contributed by atoms with Gasteiger partial charge in [-0.15, -0.1) is 18.0 Å². The van der Waals surface area contributed by atoms with Crippen LogP contribution in [-0.2, 0) is 11.5 Å². The normalized spacial score (nSPS) is 14.2. The number of aromatic nitrogens is 4. The molecule has 32 heavy (non-hydrogen) atoms. The summed E-state index contributed by atoms with van der Waals surface area (Å²) in [5, 5.41) is 6.81. The fraction of sp³-hybridized carbons (Fsp3) is 0.261. The summed E-state index contributed by atoms with van der Waals surface area (Å²) in [6.07, 6.45) is 11.7. The van der Waals surface area contributed by atoms with Gasteiger partial charge in [0.25, 0.3) is 11.8 Å². The molecule has 0 aromatic carbocycles. The van der Waals surface area contributed by atoms with E-state index in [4.69, 9.17) is 23.0 Å². The van der Waals surface area contributed by atoms with Crippen LogP contribution in [0.15, 0.2) is 36.9 Å². The van der Waals surface area contributed by atoms with Gasteiger partial charge >= 0.3 is 0 Å². The number of nitrogens with one attached hydrogen (secondary N) is 1. The monoisotopic (exact) mass is 448 g/mol. The van der Waals surface area contributed by atoms with Crippen molar-refractivity contribution in [2.24, 2.45) is 0 Å². The predicted octanol–water partition coefficient (Wildman–Crippen LogP) is 3.10. The maximum Gasteiger partial charge on any atom is 0.261 e. The van der Waals surface area contributed by atoms with E-state index in [1.165, 1.54) is 6.20 Å². The fourth-order valence-electron chi connectivity index (χ4n) is 3.92. The van der Waals surface area contributed by atoms with Crippen LogP contribution in [0.4, 0.5) is 5.69 Å². The van der Waals surface area contributed by atoms with Crippen LogP contribution in [0.3, 0.4) is 0 Å². The highest BCUT2D eigenvalue weighted by molar-refractivity contribution is 6.15. The Morgan fingerprint density at radius 1 is 1.28 bits per heavy atom. The first-order valence-corrected chi connectivity index (χ1v) is 10.4. The first kappa shape index (κ1) is 21.5. The lowest BCUT2D eigenvalue weighted by atomic mass is 9.96. The highest BCUT2D eigenvalue weighted by atomic mass is 35.5. The molecule has 1 aliphatic rings. The van der Waals surface area contributed by atoms with Gasteiger partial charge < -0.3 is 5.32 Å². The van der Waals surface area contributed by atoms with Crippen molar-refractivity contribution >= 4 is 29.1 Å². The summed E-state index contributed by atoms with van der Waals surface area (Å²) in [6, 6.07) is 3.73. The Morgan fingerprint density at radius 3 is 2.75 bits per heavy atom. The minimum atomic E-state index is -0.720. The first-order chi connectivity index (χ1) is 15.3. The SMILES string of the molecule is C#CCNC(=O)c1cncc(-c2cc(C)c3c(n2)C(C)(C)N(c2cnn(CCl)c2)C3=O)c1. The predicted molar refractivity (Wildman–Crippen MR) is 121 cm³/mol. The molecule has 3 aromatic rings. The van der Waals surface area contributed by atoms with E-state index in [0.29, 0.717) is 33.8 Å². The van der Waals surface area contributed by atoms with Gasteiger partial charge in [0.1, 0.15) is 6.00 Å². The van der Waals surface area contributed by atoms with Gasteiger partial charge in [-0.25, -0.2) is 4.98 Å². The summed E-state index contributed by atoms with van der Waals surface area (Å²) in [7, 11) is 0. The van der Waals surface area contributed by atoms with Crippen LogP contribution in [0.1, 0.15) is 45.8 Å². The van der Waals surface area contributed by atoms with E-state index < -0.39 is 5.54 Å². The molecular formula is C23H21ClN6O2. The molecule has 3 aromatic heterocycles. The molecule has 0 bridgehead atoms. The van der Waals surface area contributed by atoms with E-state index in [9.17, 15) is 9.59 Å². The molecule has 4 heterocycles. The summed E-state index contributed by atoms with van der Waals surface area (Å²) >= 11 is 5.86. The molecule has 4 rings (SSSR count). The Labute approximate surface area is 190 Å². The molecule has 0 unspecified atom stereocenters. The summed E-state index contributed by atoms with van der Waals surface area (Å²) in [5.74, 6) is 1.92. The Kier molecular flexibility index (Phi) is 5.45. The second-order valence-electron chi connectivity index (χ2n) is 7.95. The first-order valence-electron chi connectivity index (χ1n) is 9.90. The number of amides is 2. The third-order valence-corrected chi connectivity index (χ3v) is 5.66. The molecule has 0 saturated carbocycles. The van der Waals surface area contributed by atoms with E-state index in [-0.39, 0.29) is 24.4 Å². The standard InChI is InChI=1S/C23H21ClN6O2/c1-5-6-26-21(31)16-8-15(9-25-10-16)18-7-14(2)19-20(28-18)23(3,4)30(22(19)32)17-11-27-29(12-17)13-24/h1,7-12H,6,13H2,2-4H3,(H,26,31). The van der Waals surface area contributed by atoms with Crippen molar-refractivity contribution < 1.29 is 9.59 Å². The number of pyridine rings is 2. The van der Waals surface area contributed by atoms with Crippen LogP contribution in [0.25, 0.3) is 11.3 Å². The van der Waals surface area contributed by atoms with Crippen LogP contribution in [0.5, 0.6) is 0 Å². The van der Waals surface area contributed by atoms with Crippen LogP contribution in [0.2, 0.25) is 0 Å². The van der Waals surface area contributed by atoms with Gasteiger partial charge in [-0.3, -0.25) is 24.2 Å². The minimum Gasteiger partial charge on any atom is -0.341 e. The maximum atomic E-state index is 13.4. The lowest BCUT2D eigenvalue weighted by molar-refractivity contribution is 0.0955. The molecule has 162 valence electrons. The van der Waals surface area contributed by atoms with E-state index in [2.05, 4.69) is 21.3 Å². The smallest absolute Gasteiger partial charge is 0.261 e. The van der Waals surface area contributed by atoms with Crippen LogP contribution in [-0.4, -0.2) is 38.1 Å². The number of fused-ring (bicyclic) bond motifs is 1. The Balaban J connectivity index is 1.77. The Hall–Kier alpha value is -3.70. The number of anilines is 1. The molecule has 1 N–H and O–H groups in total. The molecule has 0 radical (unpaired) electrons. The van der Waals surface area contributed by atoms with Crippen molar-refractivity contribution in [1.29, 1.82) is 0 Å². The maximum absolute atomic E-state index is 13.4. The zero-order valence-electron chi connectivity index (χ0n) is 17.9. The lowest BCUT2D eigenvalue weighted by Gasteiger charge is -2.30. The number of hydrogen-bond donors (Lipinski definition) is 1. The summed E-state index contributed by atoms with van der Waals surface area (Å²) < 4.78 is 1.55. The third kappa shape index (κ3) is 3.51. The number of alkyl halides is 1. The average molecular weight is 449 g/mol. The number of terminal acetylenes is 1. The number of halogens is 1. The number of nitrogens with zero attached hydrogens (tertiary/aromatic N) is 5. The Morgan fingerprint density at radius 2 is 2.06 bits per heavy atom. The zero-order chi connectivity index (χ0) is 23.0. The fourth-order valence-corrected chi connectivity index (χ4v) is 4.05. The van der Waals surface area contributed by atoms with Crippen LogP contribution in [0, 0.1) is 19.3 Å². The summed E-state index contributed by atoms with van der Waals surface area (Å²) in [4.78, 5) is 36.3. The van der Waals surface area contributed by atoms with Crippen molar-refractivity contribution in [1.82, 2.24) is 25.1 Å². The Bertz CT molecular complexity index is 1270. The quantitative estimate of drug-likeness (QED) is 0.478. The molecule has 0 aliphatic carbocycles. The topological polar surface area (TPSA) is 93.0 Å². The molecule has 1 aliphatic heterocycles. The number of carbonyl (C=O) groups is 2. The molecule has 0 spiro atoms. The largest absolute Gasteiger partial charge is 0.341 e. The van der Waals surface area contributed by atoms with Gasteiger partial charge in [0.2, 0.25) is 0 Å². The minimum absolute atomic E-state index is 0.131. The van der Waals surface area contributed by atoms with Gasteiger partial charge in [0.05, 0.1) is 52.7 Å². The highest BCUT2D eigenvalue weighted by Gasteiger charge is 2.47. The number of hydrogen-bond acceptors (Lipinski definition) is 5. The van der Waals surface area contributed by atoms with Crippen LogP contribution < -0.4 is 10.2 Å². The van der Waals surface area contributed by atoms with Crippen molar-refractivity contribution in [2.75, 3.05) is 11.4 Å². The molecule has 2 amide bonds. The van der Waals surface area contributed by atoms with E-state index in [1.807, 2.05) is 26.8 Å². The van der Waals surface area contributed by atoms with E-state index in [0.717, 1.165) is 5.56 Å². The molecule has 9 heteroatoms. The van der Waals surface area contributed by atoms with Gasteiger partial charge in [-0.1, -0.05) is 5.92 Å². The molecular weight excluding hydrogens is 428 g/mol. The van der Waals surface area contributed by atoms with Crippen molar-refractivity contribution in [3.8, 4) is 23.6 Å². The molecule has 8 nitrogen and oxygen atoms in total. The second kappa shape index (κ2) is 8.09. The van der Waals surface area contributed by atoms with Gasteiger partial charge in [-0.2, -0.15) is 5.10 Å². The van der Waals surface area contributed by atoms with Crippen molar-refractivity contribution in [3.05, 3.63) is 59.3 Å². The van der Waals surface area contributed by atoms with Crippen LogP contribution >= 0.6 is 11.6 Å². The second-order valence-corrected chi connectivity index (χ2v) is 8.19. The van der Waals surface area contributed by atoms with Gasteiger partial charge in [-0.05, 0) is 38.5 Å². The zero-order valence-corrected chi connectivity index (χ0v) is 18.6. The van der Waals surface area contributed by atoms with E-state index in [1.54, 1.807) is 34.2 Å². The number of rotatable bonds is 5. The van der Waals surface area contributed by atoms with Crippen molar-refractivity contribution in [3.63, 3.8) is 0 Å². The van der Waals surface area contributed by atoms with Gasteiger partial charge in [0, 0.05) is 18.0 Å². The lowest BCUT2D eigenvalue weighted by Crippen LogP contribution is -2.39. The third-order valence-electron chi connectivity index (χ3n) is 5.42. The highest BCUT2D eigenvalue weighted by Crippen LogP contribution is 2.42.